The van der Waals surface area contributed by atoms with E-state index in [4.69, 9.17) is 4.74 Å². The average Bonchev–Trinajstić information content (AvgIpc) is 3.09. The second-order valence-electron chi connectivity index (χ2n) is 11.6. The number of benzene rings is 1. The molecule has 0 bridgehead atoms. The Labute approximate surface area is 282 Å². The van der Waals surface area contributed by atoms with Gasteiger partial charge in [0.15, 0.2) is 9.84 Å². The van der Waals surface area contributed by atoms with E-state index in [0.717, 1.165) is 38.3 Å². The van der Waals surface area contributed by atoms with Crippen molar-refractivity contribution in [2.45, 2.75) is 37.1 Å². The molecule has 1 aliphatic rings. The zero-order valence-corrected chi connectivity index (χ0v) is 27.9. The van der Waals surface area contributed by atoms with Gasteiger partial charge in [0.1, 0.15) is 17.9 Å². The maximum Gasteiger partial charge on any atom is 0.412 e. The van der Waals surface area contributed by atoms with Crippen LogP contribution in [-0.2, 0) is 31.5 Å². The second kappa shape index (κ2) is 18.6. The van der Waals surface area contributed by atoms with Gasteiger partial charge in [-0.2, -0.15) is 5.26 Å². The number of rotatable bonds is 15. The first-order valence-electron chi connectivity index (χ1n) is 15.9. The van der Waals surface area contributed by atoms with Gasteiger partial charge in [0.25, 0.3) is 0 Å². The fourth-order valence-electron chi connectivity index (χ4n) is 5.11. The van der Waals surface area contributed by atoms with Crippen molar-refractivity contribution in [1.82, 2.24) is 30.4 Å². The Bertz CT molecular complexity index is 1630. The highest BCUT2D eigenvalue weighted by atomic mass is 32.2. The molecule has 2 amide bonds. The number of sulfone groups is 1. The van der Waals surface area contributed by atoms with Gasteiger partial charge in [0.05, 0.1) is 24.2 Å². The number of alkyl carbamates (subject to hydrolysis) is 1. The first-order chi connectivity index (χ1) is 23.2. The average molecular weight is 675 g/mol. The lowest BCUT2D eigenvalue weighted by molar-refractivity contribution is -0.122. The predicted octanol–water partition coefficient (Wildman–Crippen LogP) is 2.21. The Morgan fingerprint density at radius 3 is 2.44 bits per heavy atom. The molecule has 1 aromatic carbocycles. The maximum absolute atomic E-state index is 13.7. The number of nitrogens with zero attached hydrogens (tertiary/aromatic N) is 6. The van der Waals surface area contributed by atoms with Crippen LogP contribution in [0.3, 0.4) is 0 Å². The van der Waals surface area contributed by atoms with Crippen LogP contribution in [-0.4, -0.2) is 110 Å². The number of likely N-dealkylation sites (N-methyl/N-ethyl adjacent to an activating group) is 1. The quantitative estimate of drug-likeness (QED) is 0.180. The van der Waals surface area contributed by atoms with E-state index in [-0.39, 0.29) is 18.2 Å². The molecule has 4 rings (SSSR count). The highest BCUT2D eigenvalue weighted by Gasteiger charge is 2.29. The SMILES string of the molecule is CN1CCN(CCCC(C#N)NC(=O)C(CS(=O)(=O)Cc2cccnc2)N=C(NC(=O)OCCc2ccncc2)c2ccccc2)CC1. The summed E-state index contributed by atoms with van der Waals surface area (Å²) in [5.74, 6) is -1.80. The van der Waals surface area contributed by atoms with Crippen molar-refractivity contribution in [1.29, 1.82) is 5.26 Å². The molecular weight excluding hydrogens is 632 g/mol. The van der Waals surface area contributed by atoms with Gasteiger partial charge < -0.3 is 19.9 Å². The van der Waals surface area contributed by atoms with E-state index in [2.05, 4.69) is 48.5 Å². The first-order valence-corrected chi connectivity index (χ1v) is 17.7. The Morgan fingerprint density at radius 2 is 1.75 bits per heavy atom. The fraction of sp³-hybridized carbons (Fsp3) is 0.412. The van der Waals surface area contributed by atoms with Crippen LogP contribution in [0.4, 0.5) is 4.79 Å². The zero-order valence-electron chi connectivity index (χ0n) is 27.1. The zero-order chi connectivity index (χ0) is 34.2. The molecule has 1 aliphatic heterocycles. The largest absolute Gasteiger partial charge is 0.449 e. The van der Waals surface area contributed by atoms with Crippen LogP contribution in [0.5, 0.6) is 0 Å². The van der Waals surface area contributed by atoms with Crippen molar-refractivity contribution >= 4 is 27.7 Å². The van der Waals surface area contributed by atoms with E-state index in [9.17, 15) is 23.3 Å². The number of aliphatic imine (C=N–C) groups is 1. The van der Waals surface area contributed by atoms with Gasteiger partial charge in [-0.25, -0.2) is 13.2 Å². The lowest BCUT2D eigenvalue weighted by Crippen LogP contribution is -2.46. The van der Waals surface area contributed by atoms with E-state index < -0.39 is 39.7 Å². The fourth-order valence-corrected chi connectivity index (χ4v) is 6.61. The van der Waals surface area contributed by atoms with E-state index >= 15 is 0 Å². The Balaban J connectivity index is 1.51. The summed E-state index contributed by atoms with van der Waals surface area (Å²) >= 11 is 0. The van der Waals surface area contributed by atoms with Crippen LogP contribution in [0.2, 0.25) is 0 Å². The number of nitriles is 1. The number of hydrogen-bond donors (Lipinski definition) is 2. The van der Waals surface area contributed by atoms with Gasteiger partial charge in [0.2, 0.25) is 5.91 Å². The molecule has 0 saturated carbocycles. The number of amides is 2. The Morgan fingerprint density at radius 1 is 1.00 bits per heavy atom. The normalized spacial score (nSPS) is 15.5. The Hall–Kier alpha value is -4.71. The third-order valence-electron chi connectivity index (χ3n) is 7.79. The van der Waals surface area contributed by atoms with Crippen LogP contribution in [0.15, 0.2) is 84.4 Å². The van der Waals surface area contributed by atoms with Gasteiger partial charge >= 0.3 is 6.09 Å². The number of carbonyl (C=O) groups excluding carboxylic acids is 2. The van der Waals surface area contributed by atoms with Crippen molar-refractivity contribution in [2.24, 2.45) is 4.99 Å². The van der Waals surface area contributed by atoms with Gasteiger partial charge in [-0.1, -0.05) is 36.4 Å². The van der Waals surface area contributed by atoms with Crippen molar-refractivity contribution < 1.29 is 22.7 Å². The Kier molecular flexibility index (Phi) is 14.0. The maximum atomic E-state index is 13.7. The molecule has 2 N–H and O–H groups in total. The van der Waals surface area contributed by atoms with Crippen LogP contribution in [0, 0.1) is 11.3 Å². The molecule has 1 saturated heterocycles. The molecule has 48 heavy (non-hydrogen) atoms. The summed E-state index contributed by atoms with van der Waals surface area (Å²) in [5, 5.41) is 15.2. The molecule has 2 aromatic heterocycles. The third-order valence-corrected chi connectivity index (χ3v) is 9.38. The molecule has 13 nitrogen and oxygen atoms in total. The number of carbonyl (C=O) groups is 2. The summed E-state index contributed by atoms with van der Waals surface area (Å²) in [5.41, 5.74) is 1.83. The van der Waals surface area contributed by atoms with Gasteiger partial charge in [-0.3, -0.25) is 25.1 Å². The van der Waals surface area contributed by atoms with Gasteiger partial charge in [0, 0.05) is 63.0 Å². The number of amidine groups is 1. The summed E-state index contributed by atoms with van der Waals surface area (Å²) in [6.07, 6.45) is 6.98. The van der Waals surface area contributed by atoms with Crippen molar-refractivity contribution in [2.75, 3.05) is 52.1 Å². The first kappa shape index (κ1) is 36.1. The lowest BCUT2D eigenvalue weighted by Gasteiger charge is -2.32. The highest BCUT2D eigenvalue weighted by molar-refractivity contribution is 7.90. The van der Waals surface area contributed by atoms with Crippen LogP contribution < -0.4 is 10.6 Å². The molecule has 2 unspecified atom stereocenters. The monoisotopic (exact) mass is 674 g/mol. The summed E-state index contributed by atoms with van der Waals surface area (Å²) in [6.45, 7) is 4.68. The van der Waals surface area contributed by atoms with Crippen molar-refractivity contribution in [3.63, 3.8) is 0 Å². The third kappa shape index (κ3) is 12.5. The smallest absolute Gasteiger partial charge is 0.412 e. The molecule has 0 aliphatic carbocycles. The van der Waals surface area contributed by atoms with Crippen molar-refractivity contribution in [3.8, 4) is 6.07 Å². The number of aromatic nitrogens is 2. The number of nitrogens with one attached hydrogen (secondary N) is 2. The molecular formula is C34H42N8O5S. The van der Waals surface area contributed by atoms with E-state index in [1.54, 1.807) is 54.9 Å². The van der Waals surface area contributed by atoms with Crippen LogP contribution >= 0.6 is 0 Å². The van der Waals surface area contributed by atoms with Crippen molar-refractivity contribution in [3.05, 3.63) is 96.1 Å². The summed E-state index contributed by atoms with van der Waals surface area (Å²) in [6, 6.07) is 15.3. The van der Waals surface area contributed by atoms with Crippen LogP contribution in [0.1, 0.15) is 29.5 Å². The minimum Gasteiger partial charge on any atom is -0.449 e. The minimum atomic E-state index is -3.91. The predicted molar refractivity (Wildman–Crippen MR) is 182 cm³/mol. The lowest BCUT2D eigenvalue weighted by atomic mass is 10.1. The topological polar surface area (TPSA) is 170 Å². The summed E-state index contributed by atoms with van der Waals surface area (Å²) < 4.78 is 32.2. The van der Waals surface area contributed by atoms with Crippen LogP contribution in [0.25, 0.3) is 0 Å². The highest BCUT2D eigenvalue weighted by Crippen LogP contribution is 2.12. The van der Waals surface area contributed by atoms with Gasteiger partial charge in [-0.05, 0) is 55.8 Å². The summed E-state index contributed by atoms with van der Waals surface area (Å²) in [4.78, 5) is 43.6. The molecule has 0 spiro atoms. The number of ether oxygens (including phenoxy) is 1. The van der Waals surface area contributed by atoms with E-state index in [1.165, 1.54) is 12.4 Å². The molecule has 3 heterocycles. The molecule has 3 aromatic rings. The molecule has 1 fully saturated rings. The standard InChI is InChI=1S/C34H42N8O5S/c1-41-18-20-42(21-19-41)17-6-10-30(23-35)38-33(43)31(26-48(45,46)25-28-7-5-14-37-24-28)39-32(29-8-3-2-4-9-29)40-34(44)47-22-13-27-11-15-36-16-12-27/h2-5,7-9,11-12,14-16,24,30-31H,6,10,13,17-22,25-26H2,1H3,(H,38,43)(H,39,40,44). The van der Waals surface area contributed by atoms with Gasteiger partial charge in [-0.15, -0.1) is 0 Å². The molecule has 0 radical (unpaired) electrons. The second-order valence-corrected chi connectivity index (χ2v) is 13.7. The summed E-state index contributed by atoms with van der Waals surface area (Å²) in [7, 11) is -1.83. The number of piperazine rings is 1. The minimum absolute atomic E-state index is 0.0372. The molecule has 14 heteroatoms. The van der Waals surface area contributed by atoms with E-state index in [0.29, 0.717) is 30.4 Å². The number of hydrogen-bond acceptors (Lipinski definition) is 11. The molecule has 254 valence electrons. The van der Waals surface area contributed by atoms with E-state index in [1.807, 2.05) is 12.1 Å². The molecule has 2 atom stereocenters. The number of pyridine rings is 2.